The molecule has 1 saturated carbocycles. The van der Waals surface area contributed by atoms with Crippen LogP contribution in [0.25, 0.3) is 11.3 Å². The minimum Gasteiger partial charge on any atom is -0.373 e. The maximum atomic E-state index is 10.1. The second kappa shape index (κ2) is 5.00. The maximum Gasteiger partial charge on any atom is 0.223 e. The molecule has 108 valence electrons. The van der Waals surface area contributed by atoms with Crippen molar-refractivity contribution in [3.8, 4) is 11.3 Å². The summed E-state index contributed by atoms with van der Waals surface area (Å²) < 4.78 is 0. The van der Waals surface area contributed by atoms with Crippen molar-refractivity contribution in [2.75, 3.05) is 10.6 Å². The second-order valence-corrected chi connectivity index (χ2v) is 5.75. The van der Waals surface area contributed by atoms with Crippen molar-refractivity contribution in [3.05, 3.63) is 36.0 Å². The number of aliphatic hydroxyl groups is 1. The molecule has 1 aromatic heterocycles. The monoisotopic (exact) mass is 282 g/mol. The molecule has 5 nitrogen and oxygen atoms in total. The number of aliphatic hydroxyl groups excluding tert-OH is 1. The predicted octanol–water partition coefficient (Wildman–Crippen LogP) is 2.39. The fourth-order valence-corrected chi connectivity index (χ4v) is 2.85. The van der Waals surface area contributed by atoms with Gasteiger partial charge in [0.05, 0.1) is 5.69 Å². The number of fused-ring (bicyclic) bond motifs is 3. The largest absolute Gasteiger partial charge is 0.373 e. The molecule has 1 unspecified atom stereocenters. The Kier molecular flexibility index (Phi) is 3.00. The number of rotatable bonds is 2. The molecule has 5 heteroatoms. The molecule has 2 aromatic rings. The van der Waals surface area contributed by atoms with Crippen LogP contribution in [-0.4, -0.2) is 27.3 Å². The summed E-state index contributed by atoms with van der Waals surface area (Å²) in [6, 6.07) is 8.45. The molecule has 1 aliphatic carbocycles. The van der Waals surface area contributed by atoms with Crippen LogP contribution in [0.2, 0.25) is 0 Å². The van der Waals surface area contributed by atoms with Crippen LogP contribution in [0.15, 0.2) is 30.5 Å². The van der Waals surface area contributed by atoms with Crippen LogP contribution < -0.4 is 10.6 Å². The van der Waals surface area contributed by atoms with E-state index >= 15 is 0 Å². The highest BCUT2D eigenvalue weighted by atomic mass is 16.3. The van der Waals surface area contributed by atoms with Gasteiger partial charge in [0.25, 0.3) is 0 Å². The van der Waals surface area contributed by atoms with Gasteiger partial charge in [-0.25, -0.2) is 9.97 Å². The lowest BCUT2D eigenvalue weighted by Gasteiger charge is -2.26. The van der Waals surface area contributed by atoms with Gasteiger partial charge in [0.15, 0.2) is 0 Å². The van der Waals surface area contributed by atoms with Gasteiger partial charge in [-0.3, -0.25) is 0 Å². The molecule has 1 aromatic carbocycles. The summed E-state index contributed by atoms with van der Waals surface area (Å²) in [6.07, 6.45) is 5.39. The number of aromatic nitrogens is 2. The highest BCUT2D eigenvalue weighted by molar-refractivity contribution is 5.79. The van der Waals surface area contributed by atoms with Crippen LogP contribution in [0.1, 0.15) is 24.8 Å². The molecule has 4 rings (SSSR count). The van der Waals surface area contributed by atoms with E-state index in [1.165, 1.54) is 19.3 Å². The lowest BCUT2D eigenvalue weighted by molar-refractivity contribution is 0.205. The Balaban J connectivity index is 1.77. The third-order valence-corrected chi connectivity index (χ3v) is 4.22. The van der Waals surface area contributed by atoms with Crippen LogP contribution in [-0.2, 0) is 6.42 Å². The first-order valence-corrected chi connectivity index (χ1v) is 7.46. The summed E-state index contributed by atoms with van der Waals surface area (Å²) in [7, 11) is 0. The van der Waals surface area contributed by atoms with Crippen molar-refractivity contribution in [3.63, 3.8) is 0 Å². The molecule has 1 fully saturated rings. The van der Waals surface area contributed by atoms with E-state index in [9.17, 15) is 5.11 Å². The summed E-state index contributed by atoms with van der Waals surface area (Å²) in [5.74, 6) is 0.685. The first-order valence-electron chi connectivity index (χ1n) is 7.46. The summed E-state index contributed by atoms with van der Waals surface area (Å²) in [4.78, 5) is 9.10. The average Bonchev–Trinajstić information content (AvgIpc) is 2.58. The molecule has 2 aliphatic rings. The molecule has 0 saturated heterocycles. The SMILES string of the molecule is OC1Cc2cnc(NC3CCC3)nc2-c2ccccc2N1. The highest BCUT2D eigenvalue weighted by Gasteiger charge is 2.22. The minimum atomic E-state index is -0.610. The average molecular weight is 282 g/mol. The molecule has 0 amide bonds. The van der Waals surface area contributed by atoms with E-state index < -0.39 is 6.23 Å². The molecule has 1 atom stereocenters. The van der Waals surface area contributed by atoms with E-state index in [0.29, 0.717) is 18.4 Å². The highest BCUT2D eigenvalue weighted by Crippen LogP contribution is 2.33. The molecule has 0 radical (unpaired) electrons. The zero-order valence-electron chi connectivity index (χ0n) is 11.7. The summed E-state index contributed by atoms with van der Waals surface area (Å²) >= 11 is 0. The number of hydrogen-bond acceptors (Lipinski definition) is 5. The van der Waals surface area contributed by atoms with Crippen molar-refractivity contribution < 1.29 is 5.11 Å². The third-order valence-electron chi connectivity index (χ3n) is 4.22. The van der Waals surface area contributed by atoms with Gasteiger partial charge in [0.1, 0.15) is 6.23 Å². The quantitative estimate of drug-likeness (QED) is 0.789. The van der Waals surface area contributed by atoms with Gasteiger partial charge in [-0.2, -0.15) is 0 Å². The Morgan fingerprint density at radius 2 is 2.10 bits per heavy atom. The summed E-state index contributed by atoms with van der Waals surface area (Å²) in [6.45, 7) is 0. The van der Waals surface area contributed by atoms with Crippen molar-refractivity contribution >= 4 is 11.6 Å². The Morgan fingerprint density at radius 3 is 2.90 bits per heavy atom. The predicted molar refractivity (Wildman–Crippen MR) is 82.1 cm³/mol. The van der Waals surface area contributed by atoms with Gasteiger partial charge < -0.3 is 15.7 Å². The topological polar surface area (TPSA) is 70.1 Å². The zero-order chi connectivity index (χ0) is 14.2. The lowest BCUT2D eigenvalue weighted by Crippen LogP contribution is -2.28. The molecule has 1 aliphatic heterocycles. The van der Waals surface area contributed by atoms with E-state index in [2.05, 4.69) is 15.6 Å². The van der Waals surface area contributed by atoms with Crippen LogP contribution in [0.4, 0.5) is 11.6 Å². The van der Waals surface area contributed by atoms with Crippen LogP contribution in [0.5, 0.6) is 0 Å². The Morgan fingerprint density at radius 1 is 1.24 bits per heavy atom. The molecular weight excluding hydrogens is 264 g/mol. The molecule has 2 heterocycles. The van der Waals surface area contributed by atoms with E-state index in [4.69, 9.17) is 4.98 Å². The minimum absolute atomic E-state index is 0.507. The standard InChI is InChI=1S/C16H18N4O/c21-14-8-10-9-17-16(18-11-4-3-5-11)20-15(10)12-6-1-2-7-13(12)19-14/h1-2,6-7,9,11,14,19,21H,3-5,8H2,(H,17,18,20). The number of hydrogen-bond donors (Lipinski definition) is 3. The Hall–Kier alpha value is -2.14. The fraction of sp³-hybridized carbons (Fsp3) is 0.375. The number of para-hydroxylation sites is 1. The molecule has 0 bridgehead atoms. The third kappa shape index (κ3) is 2.34. The molecular formula is C16H18N4O. The van der Waals surface area contributed by atoms with Crippen molar-refractivity contribution in [2.24, 2.45) is 0 Å². The maximum absolute atomic E-state index is 10.1. The lowest BCUT2D eigenvalue weighted by atomic mass is 9.93. The van der Waals surface area contributed by atoms with Gasteiger partial charge in [-0.15, -0.1) is 0 Å². The smallest absolute Gasteiger partial charge is 0.223 e. The first kappa shape index (κ1) is 12.6. The fourth-order valence-electron chi connectivity index (χ4n) is 2.85. The zero-order valence-corrected chi connectivity index (χ0v) is 11.7. The number of nitrogens with one attached hydrogen (secondary N) is 2. The van der Waals surface area contributed by atoms with Crippen LogP contribution >= 0.6 is 0 Å². The van der Waals surface area contributed by atoms with Crippen molar-refractivity contribution in [1.29, 1.82) is 0 Å². The Bertz CT molecular complexity index is 669. The van der Waals surface area contributed by atoms with Crippen LogP contribution in [0.3, 0.4) is 0 Å². The van der Waals surface area contributed by atoms with Gasteiger partial charge in [0.2, 0.25) is 5.95 Å². The van der Waals surface area contributed by atoms with E-state index in [0.717, 1.165) is 22.5 Å². The normalized spacial score (nSPS) is 20.5. The Labute approximate surface area is 123 Å². The van der Waals surface area contributed by atoms with E-state index in [1.807, 2.05) is 30.5 Å². The molecule has 3 N–H and O–H groups in total. The van der Waals surface area contributed by atoms with Crippen molar-refractivity contribution in [2.45, 2.75) is 38.0 Å². The van der Waals surface area contributed by atoms with E-state index in [-0.39, 0.29) is 0 Å². The van der Waals surface area contributed by atoms with Gasteiger partial charge in [0, 0.05) is 35.5 Å². The second-order valence-electron chi connectivity index (χ2n) is 5.75. The summed E-state index contributed by atoms with van der Waals surface area (Å²) in [5, 5.41) is 16.6. The molecule has 21 heavy (non-hydrogen) atoms. The van der Waals surface area contributed by atoms with Gasteiger partial charge in [-0.05, 0) is 25.3 Å². The van der Waals surface area contributed by atoms with Crippen LogP contribution in [0, 0.1) is 0 Å². The first-order chi connectivity index (χ1) is 10.3. The number of nitrogens with zero attached hydrogens (tertiary/aromatic N) is 2. The number of benzene rings is 1. The number of anilines is 2. The van der Waals surface area contributed by atoms with Gasteiger partial charge in [-0.1, -0.05) is 18.2 Å². The molecule has 0 spiro atoms. The summed E-state index contributed by atoms with van der Waals surface area (Å²) in [5.41, 5.74) is 3.81. The van der Waals surface area contributed by atoms with Crippen molar-refractivity contribution in [1.82, 2.24) is 9.97 Å². The van der Waals surface area contributed by atoms with Gasteiger partial charge >= 0.3 is 0 Å². The van der Waals surface area contributed by atoms with E-state index in [1.54, 1.807) is 0 Å².